The Morgan fingerprint density at radius 1 is 1.04 bits per heavy atom. The van der Waals surface area contributed by atoms with Crippen molar-refractivity contribution in [2.45, 2.75) is 33.3 Å². The topological polar surface area (TPSA) is 47.6 Å². The summed E-state index contributed by atoms with van der Waals surface area (Å²) in [5.74, 6) is 1.20. The van der Waals surface area contributed by atoms with Crippen molar-refractivity contribution in [3.05, 3.63) is 54.1 Å². The maximum Gasteiger partial charge on any atom is 0.265 e. The van der Waals surface area contributed by atoms with Crippen LogP contribution in [0.4, 0.5) is 5.69 Å². The number of para-hydroxylation sites is 3. The van der Waals surface area contributed by atoms with E-state index >= 15 is 0 Å². The molecule has 1 atom stereocenters. The molecule has 2 aromatic carbocycles. The van der Waals surface area contributed by atoms with Crippen LogP contribution >= 0.6 is 0 Å². The van der Waals surface area contributed by atoms with E-state index in [0.717, 1.165) is 17.7 Å². The summed E-state index contributed by atoms with van der Waals surface area (Å²) in [5, 5.41) is 2.86. The number of hydrogen-bond acceptors (Lipinski definition) is 3. The molecule has 0 heterocycles. The first kappa shape index (κ1) is 16.9. The van der Waals surface area contributed by atoms with E-state index in [2.05, 4.69) is 12.2 Å². The largest absolute Gasteiger partial charge is 0.492 e. The van der Waals surface area contributed by atoms with Crippen molar-refractivity contribution in [3.8, 4) is 11.5 Å². The van der Waals surface area contributed by atoms with Crippen LogP contribution in [-0.4, -0.2) is 18.6 Å². The number of hydrogen-bond donors (Lipinski definition) is 1. The van der Waals surface area contributed by atoms with Crippen LogP contribution in [0, 0.1) is 0 Å². The van der Waals surface area contributed by atoms with E-state index in [1.54, 1.807) is 6.92 Å². The average Bonchev–Trinajstić information content (AvgIpc) is 2.57. The van der Waals surface area contributed by atoms with E-state index in [1.807, 2.05) is 55.5 Å². The second kappa shape index (κ2) is 8.22. The van der Waals surface area contributed by atoms with Crippen molar-refractivity contribution in [2.24, 2.45) is 0 Å². The standard InChI is InChI=1S/C19H23NO3/c1-4-15-10-6-8-12-17(15)23-14(3)19(21)20-16-11-7-9-13-18(16)22-5-2/h6-14H,4-5H2,1-3H3,(H,20,21)/t14-/m1/s1. The summed E-state index contributed by atoms with van der Waals surface area (Å²) < 4.78 is 11.3. The third-order valence-corrected chi connectivity index (χ3v) is 3.47. The molecule has 0 aliphatic rings. The van der Waals surface area contributed by atoms with Gasteiger partial charge in [0.1, 0.15) is 11.5 Å². The first-order valence-corrected chi connectivity index (χ1v) is 7.93. The van der Waals surface area contributed by atoms with Gasteiger partial charge in [-0.15, -0.1) is 0 Å². The summed E-state index contributed by atoms with van der Waals surface area (Å²) in [6, 6.07) is 15.1. The minimum Gasteiger partial charge on any atom is -0.492 e. The molecular weight excluding hydrogens is 290 g/mol. The number of ether oxygens (including phenoxy) is 2. The van der Waals surface area contributed by atoms with Gasteiger partial charge in [-0.1, -0.05) is 37.3 Å². The van der Waals surface area contributed by atoms with Gasteiger partial charge in [0.05, 0.1) is 12.3 Å². The Balaban J connectivity index is 2.06. The van der Waals surface area contributed by atoms with E-state index in [0.29, 0.717) is 18.0 Å². The molecule has 0 unspecified atom stereocenters. The third kappa shape index (κ3) is 4.49. The molecule has 122 valence electrons. The van der Waals surface area contributed by atoms with Crippen LogP contribution in [0.5, 0.6) is 11.5 Å². The molecule has 0 radical (unpaired) electrons. The Morgan fingerprint density at radius 2 is 1.70 bits per heavy atom. The van der Waals surface area contributed by atoms with Gasteiger partial charge in [0.25, 0.3) is 5.91 Å². The fourth-order valence-corrected chi connectivity index (χ4v) is 2.24. The van der Waals surface area contributed by atoms with Crippen molar-refractivity contribution in [1.29, 1.82) is 0 Å². The van der Waals surface area contributed by atoms with Gasteiger partial charge in [0, 0.05) is 0 Å². The molecule has 0 bridgehead atoms. The average molecular weight is 313 g/mol. The molecule has 0 saturated carbocycles. The fraction of sp³-hybridized carbons (Fsp3) is 0.316. The van der Waals surface area contributed by atoms with Crippen LogP contribution in [0.3, 0.4) is 0 Å². The van der Waals surface area contributed by atoms with Crippen LogP contribution in [0.2, 0.25) is 0 Å². The van der Waals surface area contributed by atoms with Crippen LogP contribution in [-0.2, 0) is 11.2 Å². The van der Waals surface area contributed by atoms with Crippen LogP contribution in [0.15, 0.2) is 48.5 Å². The van der Waals surface area contributed by atoms with E-state index in [9.17, 15) is 4.79 Å². The number of nitrogens with one attached hydrogen (secondary N) is 1. The van der Waals surface area contributed by atoms with Crippen molar-refractivity contribution in [2.75, 3.05) is 11.9 Å². The van der Waals surface area contributed by atoms with Gasteiger partial charge >= 0.3 is 0 Å². The summed E-state index contributed by atoms with van der Waals surface area (Å²) in [5.41, 5.74) is 1.74. The maximum atomic E-state index is 12.4. The number of amides is 1. The highest BCUT2D eigenvalue weighted by atomic mass is 16.5. The Kier molecular flexibility index (Phi) is 6.03. The van der Waals surface area contributed by atoms with E-state index in [-0.39, 0.29) is 5.91 Å². The summed E-state index contributed by atoms with van der Waals surface area (Å²) >= 11 is 0. The van der Waals surface area contributed by atoms with Crippen LogP contribution < -0.4 is 14.8 Å². The Hall–Kier alpha value is -2.49. The number of benzene rings is 2. The van der Waals surface area contributed by atoms with Gasteiger partial charge in [0.15, 0.2) is 6.10 Å². The highest BCUT2D eigenvalue weighted by Gasteiger charge is 2.17. The molecule has 0 aromatic heterocycles. The van der Waals surface area contributed by atoms with Gasteiger partial charge in [-0.05, 0) is 44.0 Å². The van der Waals surface area contributed by atoms with Gasteiger partial charge in [-0.2, -0.15) is 0 Å². The highest BCUT2D eigenvalue weighted by molar-refractivity contribution is 5.95. The van der Waals surface area contributed by atoms with E-state index < -0.39 is 6.10 Å². The molecule has 0 saturated heterocycles. The fourth-order valence-electron chi connectivity index (χ4n) is 2.24. The molecule has 4 nitrogen and oxygen atoms in total. The highest BCUT2D eigenvalue weighted by Crippen LogP contribution is 2.25. The smallest absolute Gasteiger partial charge is 0.265 e. The van der Waals surface area contributed by atoms with Gasteiger partial charge in [-0.25, -0.2) is 0 Å². The van der Waals surface area contributed by atoms with Gasteiger partial charge < -0.3 is 14.8 Å². The lowest BCUT2D eigenvalue weighted by atomic mass is 10.1. The lowest BCUT2D eigenvalue weighted by Gasteiger charge is -2.18. The quantitative estimate of drug-likeness (QED) is 0.838. The minimum atomic E-state index is -0.600. The minimum absolute atomic E-state index is 0.206. The van der Waals surface area contributed by atoms with Gasteiger partial charge in [0.2, 0.25) is 0 Å². The normalized spacial score (nSPS) is 11.6. The Bertz CT molecular complexity index is 655. The summed E-state index contributed by atoms with van der Waals surface area (Å²) in [7, 11) is 0. The first-order chi connectivity index (χ1) is 11.2. The maximum absolute atomic E-state index is 12.4. The van der Waals surface area contributed by atoms with Crippen LogP contribution in [0.1, 0.15) is 26.3 Å². The molecule has 0 fully saturated rings. The van der Waals surface area contributed by atoms with E-state index in [4.69, 9.17) is 9.47 Å². The monoisotopic (exact) mass is 313 g/mol. The molecule has 2 rings (SSSR count). The molecule has 0 aliphatic heterocycles. The second-order valence-corrected chi connectivity index (χ2v) is 5.14. The SMILES string of the molecule is CCOc1ccccc1NC(=O)[C@@H](C)Oc1ccccc1CC. The number of aryl methyl sites for hydroxylation is 1. The van der Waals surface area contributed by atoms with Crippen molar-refractivity contribution < 1.29 is 14.3 Å². The zero-order valence-electron chi connectivity index (χ0n) is 13.8. The number of carbonyl (C=O) groups is 1. The van der Waals surface area contributed by atoms with Crippen LogP contribution in [0.25, 0.3) is 0 Å². The predicted octanol–water partition coefficient (Wildman–Crippen LogP) is 4.05. The molecule has 1 N–H and O–H groups in total. The number of rotatable bonds is 7. The summed E-state index contributed by atoms with van der Waals surface area (Å²) in [6.45, 7) is 6.26. The van der Waals surface area contributed by atoms with Crippen molar-refractivity contribution in [3.63, 3.8) is 0 Å². The Labute approximate surface area is 137 Å². The first-order valence-electron chi connectivity index (χ1n) is 7.93. The molecule has 4 heteroatoms. The molecule has 1 amide bonds. The molecule has 2 aromatic rings. The molecule has 0 aliphatic carbocycles. The second-order valence-electron chi connectivity index (χ2n) is 5.14. The van der Waals surface area contributed by atoms with Gasteiger partial charge in [-0.3, -0.25) is 4.79 Å². The molecule has 0 spiro atoms. The number of carbonyl (C=O) groups excluding carboxylic acids is 1. The predicted molar refractivity (Wildman–Crippen MR) is 92.2 cm³/mol. The van der Waals surface area contributed by atoms with E-state index in [1.165, 1.54) is 0 Å². The summed E-state index contributed by atoms with van der Waals surface area (Å²) in [6.07, 6.45) is 0.259. The zero-order chi connectivity index (χ0) is 16.7. The Morgan fingerprint density at radius 3 is 2.39 bits per heavy atom. The molecular formula is C19H23NO3. The summed E-state index contributed by atoms with van der Waals surface area (Å²) in [4.78, 5) is 12.4. The van der Waals surface area contributed by atoms with Crippen molar-refractivity contribution >= 4 is 11.6 Å². The molecule has 23 heavy (non-hydrogen) atoms. The lowest BCUT2D eigenvalue weighted by Crippen LogP contribution is -2.30. The lowest BCUT2D eigenvalue weighted by molar-refractivity contribution is -0.122. The number of anilines is 1. The zero-order valence-corrected chi connectivity index (χ0v) is 13.8. The third-order valence-electron chi connectivity index (χ3n) is 3.47. The van der Waals surface area contributed by atoms with Crippen molar-refractivity contribution in [1.82, 2.24) is 0 Å².